The van der Waals surface area contributed by atoms with Gasteiger partial charge in [0.2, 0.25) is 10.0 Å². The van der Waals surface area contributed by atoms with Crippen molar-refractivity contribution in [3.63, 3.8) is 0 Å². The molecule has 0 bridgehead atoms. The fourth-order valence-corrected chi connectivity index (χ4v) is 3.71. The van der Waals surface area contributed by atoms with Crippen molar-refractivity contribution in [1.82, 2.24) is 4.72 Å². The van der Waals surface area contributed by atoms with Crippen molar-refractivity contribution in [2.24, 2.45) is 0 Å². The molecule has 2 atom stereocenters. The number of hydrogen-bond acceptors (Lipinski definition) is 5. The van der Waals surface area contributed by atoms with E-state index in [-0.39, 0.29) is 10.5 Å². The lowest BCUT2D eigenvalue weighted by Crippen LogP contribution is -2.44. The Hall–Kier alpha value is -1.44. The Balaban J connectivity index is 2.13. The van der Waals surface area contributed by atoms with Crippen LogP contribution in [0.15, 0.2) is 29.2 Å². The summed E-state index contributed by atoms with van der Waals surface area (Å²) in [5.74, 6) is -0.519. The van der Waals surface area contributed by atoms with E-state index in [1.807, 2.05) is 0 Å². The van der Waals surface area contributed by atoms with Gasteiger partial charge in [-0.1, -0.05) is 12.8 Å². The van der Waals surface area contributed by atoms with Gasteiger partial charge in [-0.25, -0.2) is 17.9 Å². The van der Waals surface area contributed by atoms with E-state index in [4.69, 9.17) is 0 Å². The molecule has 116 valence electrons. The summed E-state index contributed by atoms with van der Waals surface area (Å²) >= 11 is 0. The molecule has 21 heavy (non-hydrogen) atoms. The molecule has 0 saturated heterocycles. The monoisotopic (exact) mass is 313 g/mol. The number of rotatable bonds is 4. The van der Waals surface area contributed by atoms with E-state index in [0.717, 1.165) is 12.8 Å². The number of methoxy groups -OCH3 is 1. The summed E-state index contributed by atoms with van der Waals surface area (Å²) in [6.07, 6.45) is 2.39. The summed E-state index contributed by atoms with van der Waals surface area (Å²) in [6.45, 7) is 0. The van der Waals surface area contributed by atoms with Crippen molar-refractivity contribution >= 4 is 16.0 Å². The van der Waals surface area contributed by atoms with Crippen LogP contribution >= 0.6 is 0 Å². The molecule has 0 aromatic heterocycles. The fraction of sp³-hybridized carbons (Fsp3) is 0.500. The summed E-state index contributed by atoms with van der Waals surface area (Å²) in [5, 5.41) is 9.84. The molecule has 7 heteroatoms. The number of hydrogen-bond donors (Lipinski definition) is 2. The molecule has 1 saturated carbocycles. The van der Waals surface area contributed by atoms with Crippen LogP contribution in [-0.4, -0.2) is 38.7 Å². The van der Waals surface area contributed by atoms with Gasteiger partial charge in [0.05, 0.1) is 23.7 Å². The third-order valence-corrected chi connectivity index (χ3v) is 5.13. The Morgan fingerprint density at radius 1 is 1.24 bits per heavy atom. The highest BCUT2D eigenvalue weighted by Crippen LogP contribution is 2.21. The average molecular weight is 313 g/mol. The maximum Gasteiger partial charge on any atom is 0.337 e. The number of carbonyl (C=O) groups is 1. The van der Waals surface area contributed by atoms with Crippen LogP contribution in [0, 0.1) is 0 Å². The summed E-state index contributed by atoms with van der Waals surface area (Å²) < 4.78 is 31.6. The zero-order valence-corrected chi connectivity index (χ0v) is 12.6. The molecule has 0 spiro atoms. The molecule has 0 unspecified atom stereocenters. The molecule has 0 aliphatic heterocycles. The second-order valence-corrected chi connectivity index (χ2v) is 6.81. The minimum absolute atomic E-state index is 0.0629. The number of ether oxygens (including phenoxy) is 1. The van der Waals surface area contributed by atoms with Gasteiger partial charge in [-0.05, 0) is 37.1 Å². The average Bonchev–Trinajstić information content (AvgIpc) is 2.49. The molecule has 1 aliphatic carbocycles. The highest BCUT2D eigenvalue weighted by molar-refractivity contribution is 7.89. The SMILES string of the molecule is COC(=O)c1ccc(S(=O)(=O)N[C@H]2CCCC[C@@H]2O)cc1. The standard InChI is InChI=1S/C14H19NO5S/c1-20-14(17)10-6-8-11(9-7-10)21(18,19)15-12-4-2-3-5-13(12)16/h6-9,12-13,15-16H,2-5H2,1H3/t12-,13-/m0/s1. The molecule has 1 aliphatic rings. The van der Waals surface area contributed by atoms with Crippen molar-refractivity contribution in [2.45, 2.75) is 42.7 Å². The van der Waals surface area contributed by atoms with E-state index in [1.54, 1.807) is 0 Å². The summed E-state index contributed by atoms with van der Waals surface area (Å²) in [7, 11) is -2.44. The number of aliphatic hydroxyl groups is 1. The number of aliphatic hydroxyl groups excluding tert-OH is 1. The molecular weight excluding hydrogens is 294 g/mol. The Bertz CT molecular complexity index is 596. The van der Waals surface area contributed by atoms with E-state index < -0.39 is 28.1 Å². The van der Waals surface area contributed by atoms with E-state index in [1.165, 1.54) is 31.4 Å². The molecule has 0 heterocycles. The maximum atomic E-state index is 12.3. The second kappa shape index (κ2) is 6.55. The van der Waals surface area contributed by atoms with Crippen LogP contribution in [0.1, 0.15) is 36.0 Å². The Morgan fingerprint density at radius 2 is 1.86 bits per heavy atom. The maximum absolute atomic E-state index is 12.3. The van der Waals surface area contributed by atoms with Gasteiger partial charge in [-0.15, -0.1) is 0 Å². The number of esters is 1. The number of sulfonamides is 1. The number of nitrogens with one attached hydrogen (secondary N) is 1. The predicted octanol–water partition coefficient (Wildman–Crippen LogP) is 1.05. The zero-order chi connectivity index (χ0) is 15.5. The minimum atomic E-state index is -3.70. The lowest BCUT2D eigenvalue weighted by atomic mass is 9.93. The molecule has 2 N–H and O–H groups in total. The molecule has 1 aromatic carbocycles. The predicted molar refractivity (Wildman–Crippen MR) is 76.4 cm³/mol. The highest BCUT2D eigenvalue weighted by Gasteiger charge is 2.28. The van der Waals surface area contributed by atoms with Crippen LogP contribution in [0.2, 0.25) is 0 Å². The molecule has 0 radical (unpaired) electrons. The minimum Gasteiger partial charge on any atom is -0.465 e. The lowest BCUT2D eigenvalue weighted by molar-refractivity contribution is 0.0600. The second-order valence-electron chi connectivity index (χ2n) is 5.10. The third kappa shape index (κ3) is 3.81. The van der Waals surface area contributed by atoms with Crippen LogP contribution < -0.4 is 4.72 Å². The topological polar surface area (TPSA) is 92.7 Å². The fourth-order valence-electron chi connectivity index (χ4n) is 2.40. The quantitative estimate of drug-likeness (QED) is 0.811. The zero-order valence-electron chi connectivity index (χ0n) is 11.8. The van der Waals surface area contributed by atoms with Crippen LogP contribution in [0.5, 0.6) is 0 Å². The first-order valence-electron chi connectivity index (χ1n) is 6.83. The molecule has 0 amide bonds. The van der Waals surface area contributed by atoms with E-state index in [0.29, 0.717) is 12.8 Å². The number of benzene rings is 1. The van der Waals surface area contributed by atoms with Gasteiger partial charge in [0, 0.05) is 6.04 Å². The van der Waals surface area contributed by atoms with Crippen LogP contribution in [-0.2, 0) is 14.8 Å². The normalized spacial score (nSPS) is 22.8. The largest absolute Gasteiger partial charge is 0.465 e. The molecule has 1 fully saturated rings. The molecule has 6 nitrogen and oxygen atoms in total. The Morgan fingerprint density at radius 3 is 2.43 bits per heavy atom. The Labute approximate surface area is 124 Å². The molecular formula is C14H19NO5S. The van der Waals surface area contributed by atoms with Crippen LogP contribution in [0.3, 0.4) is 0 Å². The van der Waals surface area contributed by atoms with Crippen molar-refractivity contribution in [2.75, 3.05) is 7.11 Å². The summed E-state index contributed by atoms with van der Waals surface area (Å²) in [6, 6.07) is 5.05. The van der Waals surface area contributed by atoms with Crippen molar-refractivity contribution in [3.8, 4) is 0 Å². The van der Waals surface area contributed by atoms with Gasteiger partial charge < -0.3 is 9.84 Å². The first-order valence-corrected chi connectivity index (χ1v) is 8.31. The summed E-state index contributed by atoms with van der Waals surface area (Å²) in [4.78, 5) is 11.4. The number of carbonyl (C=O) groups excluding carboxylic acids is 1. The van der Waals surface area contributed by atoms with Crippen molar-refractivity contribution in [1.29, 1.82) is 0 Å². The van der Waals surface area contributed by atoms with Gasteiger partial charge in [0.1, 0.15) is 0 Å². The van der Waals surface area contributed by atoms with Crippen LogP contribution in [0.4, 0.5) is 0 Å². The highest BCUT2D eigenvalue weighted by atomic mass is 32.2. The van der Waals surface area contributed by atoms with Gasteiger partial charge in [-0.3, -0.25) is 0 Å². The lowest BCUT2D eigenvalue weighted by Gasteiger charge is -2.28. The molecule has 1 aromatic rings. The third-order valence-electron chi connectivity index (χ3n) is 3.62. The summed E-state index contributed by atoms with van der Waals surface area (Å²) in [5.41, 5.74) is 0.286. The first kappa shape index (κ1) is 15.9. The van der Waals surface area contributed by atoms with E-state index >= 15 is 0 Å². The molecule has 2 rings (SSSR count). The first-order chi connectivity index (χ1) is 9.94. The van der Waals surface area contributed by atoms with Gasteiger partial charge in [-0.2, -0.15) is 0 Å². The van der Waals surface area contributed by atoms with Crippen LogP contribution in [0.25, 0.3) is 0 Å². The van der Waals surface area contributed by atoms with Gasteiger partial charge in [0.15, 0.2) is 0 Å². The van der Waals surface area contributed by atoms with E-state index in [2.05, 4.69) is 9.46 Å². The van der Waals surface area contributed by atoms with Gasteiger partial charge >= 0.3 is 5.97 Å². The Kier molecular flexibility index (Phi) is 4.97. The van der Waals surface area contributed by atoms with E-state index in [9.17, 15) is 18.3 Å². The smallest absolute Gasteiger partial charge is 0.337 e. The van der Waals surface area contributed by atoms with Crippen molar-refractivity contribution < 1.29 is 23.1 Å². The van der Waals surface area contributed by atoms with Crippen molar-refractivity contribution in [3.05, 3.63) is 29.8 Å². The van der Waals surface area contributed by atoms with Gasteiger partial charge in [0.25, 0.3) is 0 Å².